The molecule has 0 fully saturated rings. The zero-order valence-corrected chi connectivity index (χ0v) is 12.5. The maximum absolute atomic E-state index is 13.9. The average Bonchev–Trinajstić information content (AvgIpc) is 2.43. The number of hydrogen-bond acceptors (Lipinski definition) is 4. The minimum atomic E-state index is -0.827. The Kier molecular flexibility index (Phi) is 5.95. The molecule has 0 aliphatic heterocycles. The van der Waals surface area contributed by atoms with Gasteiger partial charge >= 0.3 is 5.97 Å². The summed E-state index contributed by atoms with van der Waals surface area (Å²) in [7, 11) is 1.32. The second kappa shape index (κ2) is 7.24. The Bertz CT molecular complexity index is 460. The lowest BCUT2D eigenvalue weighted by Gasteiger charge is -2.22. The van der Waals surface area contributed by atoms with Crippen molar-refractivity contribution in [1.82, 2.24) is 5.32 Å². The van der Waals surface area contributed by atoms with E-state index < -0.39 is 11.2 Å². The summed E-state index contributed by atoms with van der Waals surface area (Å²) in [5, 5.41) is 3.12. The van der Waals surface area contributed by atoms with Crippen molar-refractivity contribution in [3.05, 3.63) is 29.6 Å². The van der Waals surface area contributed by atoms with Crippen LogP contribution in [0.25, 0.3) is 0 Å². The standard InChI is InChI=1S/C15H22FNO3/c1-5-17-9-11-7-6-8-12(16)13(11)20-10-15(2,3)14(18)19-4/h6-8,17H,5,9-10H2,1-4H3. The van der Waals surface area contributed by atoms with Crippen molar-refractivity contribution in [1.29, 1.82) is 0 Å². The minimum absolute atomic E-state index is 0.0553. The molecular formula is C15H22FNO3. The maximum Gasteiger partial charge on any atom is 0.314 e. The third-order valence-corrected chi connectivity index (χ3v) is 2.93. The molecule has 1 aromatic carbocycles. The van der Waals surface area contributed by atoms with Gasteiger partial charge in [0, 0.05) is 12.1 Å². The number of carbonyl (C=O) groups excluding carboxylic acids is 1. The van der Waals surface area contributed by atoms with E-state index in [9.17, 15) is 9.18 Å². The Balaban J connectivity index is 2.83. The first-order valence-corrected chi connectivity index (χ1v) is 6.61. The number of esters is 1. The van der Waals surface area contributed by atoms with E-state index in [4.69, 9.17) is 9.47 Å². The molecule has 20 heavy (non-hydrogen) atoms. The van der Waals surface area contributed by atoms with E-state index in [-0.39, 0.29) is 18.3 Å². The molecule has 0 radical (unpaired) electrons. The van der Waals surface area contributed by atoms with Crippen LogP contribution >= 0.6 is 0 Å². The molecule has 0 saturated carbocycles. The van der Waals surface area contributed by atoms with E-state index in [1.54, 1.807) is 26.0 Å². The van der Waals surface area contributed by atoms with Gasteiger partial charge in [0.05, 0.1) is 12.5 Å². The van der Waals surface area contributed by atoms with Gasteiger partial charge in [-0.3, -0.25) is 4.79 Å². The van der Waals surface area contributed by atoms with Crippen LogP contribution in [0, 0.1) is 11.2 Å². The first-order chi connectivity index (χ1) is 9.42. The van der Waals surface area contributed by atoms with Crippen LogP contribution in [0.5, 0.6) is 5.75 Å². The van der Waals surface area contributed by atoms with Gasteiger partial charge in [-0.25, -0.2) is 4.39 Å². The molecule has 5 heteroatoms. The molecule has 1 aromatic rings. The molecule has 0 aliphatic carbocycles. The molecular weight excluding hydrogens is 261 g/mol. The van der Waals surface area contributed by atoms with Gasteiger partial charge in [-0.15, -0.1) is 0 Å². The number of ether oxygens (including phenoxy) is 2. The van der Waals surface area contributed by atoms with Crippen molar-refractivity contribution in [3.63, 3.8) is 0 Å². The summed E-state index contributed by atoms with van der Waals surface area (Å²) in [5.74, 6) is -0.631. The third kappa shape index (κ3) is 4.20. The second-order valence-electron chi connectivity index (χ2n) is 5.17. The summed E-state index contributed by atoms with van der Waals surface area (Å²) in [6.07, 6.45) is 0. The van der Waals surface area contributed by atoms with E-state index >= 15 is 0 Å². The summed E-state index contributed by atoms with van der Waals surface area (Å²) in [4.78, 5) is 11.6. The van der Waals surface area contributed by atoms with Crippen molar-refractivity contribution in [2.45, 2.75) is 27.3 Å². The molecule has 0 atom stereocenters. The third-order valence-electron chi connectivity index (χ3n) is 2.93. The highest BCUT2D eigenvalue weighted by atomic mass is 19.1. The number of hydrogen-bond donors (Lipinski definition) is 1. The first kappa shape index (κ1) is 16.4. The van der Waals surface area contributed by atoms with Gasteiger partial charge in [0.1, 0.15) is 6.61 Å². The van der Waals surface area contributed by atoms with Gasteiger partial charge in [-0.2, -0.15) is 0 Å². The molecule has 0 aromatic heterocycles. The van der Waals surface area contributed by atoms with Crippen LogP contribution < -0.4 is 10.1 Å². The Labute approximate surface area is 119 Å². The Hall–Kier alpha value is -1.62. The summed E-state index contributed by atoms with van der Waals surface area (Å²) < 4.78 is 24.1. The number of nitrogens with one attached hydrogen (secondary N) is 1. The van der Waals surface area contributed by atoms with Crippen LogP contribution in [0.1, 0.15) is 26.3 Å². The van der Waals surface area contributed by atoms with Gasteiger partial charge in [0.25, 0.3) is 0 Å². The zero-order valence-electron chi connectivity index (χ0n) is 12.5. The Morgan fingerprint density at radius 1 is 1.40 bits per heavy atom. The van der Waals surface area contributed by atoms with Gasteiger partial charge in [0.2, 0.25) is 0 Å². The Morgan fingerprint density at radius 2 is 2.10 bits per heavy atom. The van der Waals surface area contributed by atoms with Crippen LogP contribution in [0.15, 0.2) is 18.2 Å². The highest BCUT2D eigenvalue weighted by Crippen LogP contribution is 2.26. The van der Waals surface area contributed by atoms with Gasteiger partial charge < -0.3 is 14.8 Å². The fraction of sp³-hybridized carbons (Fsp3) is 0.533. The lowest BCUT2D eigenvalue weighted by atomic mass is 9.95. The SMILES string of the molecule is CCNCc1cccc(F)c1OCC(C)(C)C(=O)OC. The predicted octanol–water partition coefficient (Wildman–Crippen LogP) is 2.51. The van der Waals surface area contributed by atoms with E-state index in [1.807, 2.05) is 6.92 Å². The molecule has 0 heterocycles. The summed E-state index contributed by atoms with van der Waals surface area (Å²) in [5.41, 5.74) is -0.0977. The van der Waals surface area contributed by atoms with Crippen LogP contribution in [0.4, 0.5) is 4.39 Å². The molecule has 0 spiro atoms. The van der Waals surface area contributed by atoms with Crippen molar-refractivity contribution >= 4 is 5.97 Å². The average molecular weight is 283 g/mol. The number of methoxy groups -OCH3 is 1. The zero-order chi connectivity index (χ0) is 15.2. The van der Waals surface area contributed by atoms with Gasteiger partial charge in [-0.1, -0.05) is 19.1 Å². The van der Waals surface area contributed by atoms with Crippen LogP contribution in [-0.2, 0) is 16.1 Å². The van der Waals surface area contributed by atoms with Gasteiger partial charge in [-0.05, 0) is 26.5 Å². The summed E-state index contributed by atoms with van der Waals surface area (Å²) in [6, 6.07) is 4.78. The lowest BCUT2D eigenvalue weighted by molar-refractivity contribution is -0.152. The normalized spacial score (nSPS) is 11.2. The number of para-hydroxylation sites is 1. The lowest BCUT2D eigenvalue weighted by Crippen LogP contribution is -2.32. The Morgan fingerprint density at radius 3 is 2.70 bits per heavy atom. The first-order valence-electron chi connectivity index (χ1n) is 6.61. The monoisotopic (exact) mass is 283 g/mol. The molecule has 112 valence electrons. The van der Waals surface area contributed by atoms with Crippen LogP contribution in [-0.4, -0.2) is 26.2 Å². The number of rotatable bonds is 7. The predicted molar refractivity (Wildman–Crippen MR) is 75.1 cm³/mol. The van der Waals surface area contributed by atoms with Crippen molar-refractivity contribution in [2.75, 3.05) is 20.3 Å². The summed E-state index contributed by atoms with van der Waals surface area (Å²) >= 11 is 0. The van der Waals surface area contributed by atoms with E-state index in [2.05, 4.69) is 5.32 Å². The second-order valence-corrected chi connectivity index (χ2v) is 5.17. The highest BCUT2D eigenvalue weighted by molar-refractivity contribution is 5.75. The minimum Gasteiger partial charge on any atom is -0.489 e. The molecule has 0 bridgehead atoms. The van der Waals surface area contributed by atoms with Crippen molar-refractivity contribution in [2.24, 2.45) is 5.41 Å². The molecule has 1 rings (SSSR count). The van der Waals surface area contributed by atoms with Gasteiger partial charge in [0.15, 0.2) is 11.6 Å². The number of benzene rings is 1. The largest absolute Gasteiger partial charge is 0.489 e. The van der Waals surface area contributed by atoms with E-state index in [0.29, 0.717) is 6.54 Å². The fourth-order valence-electron chi connectivity index (χ4n) is 1.70. The maximum atomic E-state index is 13.9. The van der Waals surface area contributed by atoms with E-state index in [0.717, 1.165) is 12.1 Å². The quantitative estimate of drug-likeness (QED) is 0.781. The number of halogens is 1. The molecule has 1 N–H and O–H groups in total. The number of carbonyl (C=O) groups is 1. The van der Waals surface area contributed by atoms with Crippen LogP contribution in [0.3, 0.4) is 0 Å². The van der Waals surface area contributed by atoms with E-state index in [1.165, 1.54) is 13.2 Å². The molecule has 0 unspecified atom stereocenters. The topological polar surface area (TPSA) is 47.6 Å². The summed E-state index contributed by atoms with van der Waals surface area (Å²) in [6.45, 7) is 6.72. The molecule has 0 amide bonds. The van der Waals surface area contributed by atoms with Crippen molar-refractivity contribution in [3.8, 4) is 5.75 Å². The fourth-order valence-corrected chi connectivity index (χ4v) is 1.70. The molecule has 0 aliphatic rings. The molecule has 0 saturated heterocycles. The smallest absolute Gasteiger partial charge is 0.314 e. The molecule has 4 nitrogen and oxygen atoms in total. The highest BCUT2D eigenvalue weighted by Gasteiger charge is 2.30. The van der Waals surface area contributed by atoms with Crippen molar-refractivity contribution < 1.29 is 18.7 Å². The van der Waals surface area contributed by atoms with Crippen LogP contribution in [0.2, 0.25) is 0 Å².